The summed E-state index contributed by atoms with van der Waals surface area (Å²) in [6.45, 7) is 8.97. The number of anilines is 4. The maximum Gasteiger partial charge on any atom is 0.227 e. The second-order valence-electron chi connectivity index (χ2n) is 9.26. The Morgan fingerprint density at radius 2 is 1.97 bits per heavy atom. The van der Waals surface area contributed by atoms with E-state index in [0.717, 1.165) is 55.2 Å². The van der Waals surface area contributed by atoms with Gasteiger partial charge in [0.05, 0.1) is 36.8 Å². The van der Waals surface area contributed by atoms with Crippen LogP contribution in [0.25, 0.3) is 11.3 Å². The number of nitrogens with one attached hydrogen (secondary N) is 2. The van der Waals surface area contributed by atoms with Gasteiger partial charge in [0, 0.05) is 49.5 Å². The van der Waals surface area contributed by atoms with Gasteiger partial charge in [-0.25, -0.2) is 14.4 Å². The minimum absolute atomic E-state index is 0.107. The molecule has 5 rings (SSSR count). The van der Waals surface area contributed by atoms with E-state index in [2.05, 4.69) is 50.3 Å². The molecular formula is C27H30FN7O2. The lowest BCUT2D eigenvalue weighted by atomic mass is 10.0. The van der Waals surface area contributed by atoms with Gasteiger partial charge in [-0.3, -0.25) is 0 Å². The predicted molar refractivity (Wildman–Crippen MR) is 141 cm³/mol. The van der Waals surface area contributed by atoms with Gasteiger partial charge in [0.15, 0.2) is 11.6 Å². The van der Waals surface area contributed by atoms with Crippen molar-refractivity contribution in [2.45, 2.75) is 19.9 Å². The van der Waals surface area contributed by atoms with Gasteiger partial charge in [-0.05, 0) is 38.1 Å². The van der Waals surface area contributed by atoms with E-state index < -0.39 is 5.82 Å². The molecule has 2 aliphatic heterocycles. The highest BCUT2D eigenvalue weighted by Crippen LogP contribution is 2.40. The molecular weight excluding hydrogens is 473 g/mol. The Balaban J connectivity index is 1.47. The van der Waals surface area contributed by atoms with Crippen molar-refractivity contribution in [3.8, 4) is 28.8 Å². The smallest absolute Gasteiger partial charge is 0.227 e. The van der Waals surface area contributed by atoms with Crippen LogP contribution in [0.1, 0.15) is 19.4 Å². The van der Waals surface area contributed by atoms with Crippen molar-refractivity contribution < 1.29 is 13.9 Å². The molecule has 0 aliphatic carbocycles. The largest absolute Gasteiger partial charge is 0.495 e. The molecule has 0 atom stereocenters. The van der Waals surface area contributed by atoms with E-state index in [9.17, 15) is 9.65 Å². The van der Waals surface area contributed by atoms with Crippen LogP contribution in [0.4, 0.5) is 27.4 Å². The van der Waals surface area contributed by atoms with Crippen molar-refractivity contribution in [1.82, 2.24) is 15.3 Å². The molecule has 3 aromatic rings. The molecule has 10 heteroatoms. The van der Waals surface area contributed by atoms with Crippen LogP contribution in [0, 0.1) is 17.1 Å². The maximum atomic E-state index is 15.0. The quantitative estimate of drug-likeness (QED) is 0.519. The number of hydrogen-bond acceptors (Lipinski definition) is 9. The first-order chi connectivity index (χ1) is 18.0. The normalized spacial score (nSPS) is 15.1. The summed E-state index contributed by atoms with van der Waals surface area (Å²) in [6, 6.07) is 11.6. The van der Waals surface area contributed by atoms with E-state index in [1.165, 1.54) is 0 Å². The number of benzene rings is 2. The maximum absolute atomic E-state index is 15.0. The SMILES string of the molecule is COc1cc(Nc2ncc(F)c(-c3cc(C#N)c4c(c3)N(C(C)C)CCO4)n2)ccc1N1CCNCC1. The van der Waals surface area contributed by atoms with Gasteiger partial charge in [-0.2, -0.15) is 5.26 Å². The first-order valence-corrected chi connectivity index (χ1v) is 12.4. The molecule has 0 bridgehead atoms. The molecule has 0 saturated carbocycles. The Bertz CT molecular complexity index is 1340. The molecule has 0 radical (unpaired) electrons. The zero-order chi connectivity index (χ0) is 25.9. The van der Waals surface area contributed by atoms with E-state index in [1.54, 1.807) is 13.2 Å². The summed E-state index contributed by atoms with van der Waals surface area (Å²) >= 11 is 0. The van der Waals surface area contributed by atoms with Gasteiger partial charge < -0.3 is 29.9 Å². The summed E-state index contributed by atoms with van der Waals surface area (Å²) in [6.07, 6.45) is 1.14. The Morgan fingerprint density at radius 1 is 1.16 bits per heavy atom. The van der Waals surface area contributed by atoms with Crippen molar-refractivity contribution in [2.24, 2.45) is 0 Å². The van der Waals surface area contributed by atoms with Crippen LogP contribution in [-0.2, 0) is 0 Å². The fourth-order valence-electron chi connectivity index (χ4n) is 4.78. The summed E-state index contributed by atoms with van der Waals surface area (Å²) in [5.41, 5.74) is 3.44. The Hall–Kier alpha value is -4.10. The fourth-order valence-corrected chi connectivity index (χ4v) is 4.78. The number of ether oxygens (including phenoxy) is 2. The molecule has 1 fully saturated rings. The van der Waals surface area contributed by atoms with Crippen LogP contribution in [0.5, 0.6) is 11.5 Å². The lowest BCUT2D eigenvalue weighted by Gasteiger charge is -2.35. The van der Waals surface area contributed by atoms with E-state index >= 15 is 0 Å². The number of aromatic nitrogens is 2. The number of nitrogens with zero attached hydrogens (tertiary/aromatic N) is 5. The fraction of sp³-hybridized carbons (Fsp3) is 0.370. The summed E-state index contributed by atoms with van der Waals surface area (Å²) in [5, 5.41) is 16.3. The second kappa shape index (κ2) is 10.5. The number of halogens is 1. The van der Waals surface area contributed by atoms with Gasteiger partial charge >= 0.3 is 0 Å². The highest BCUT2D eigenvalue weighted by molar-refractivity contribution is 5.77. The highest BCUT2D eigenvalue weighted by Gasteiger charge is 2.25. The number of nitriles is 1. The standard InChI is InChI=1S/C27H30FN7O2/c1-17(2)35-10-11-37-26-19(15-29)12-18(13-23(26)35)25-21(28)16-31-27(33-25)32-20-4-5-22(24(14-20)36-3)34-8-6-30-7-9-34/h4-5,12-14,16-17,30H,6-11H2,1-3H3,(H,31,32,33). The van der Waals surface area contributed by atoms with E-state index in [0.29, 0.717) is 30.0 Å². The van der Waals surface area contributed by atoms with Crippen LogP contribution in [0.15, 0.2) is 36.5 Å². The van der Waals surface area contributed by atoms with Crippen LogP contribution < -0.4 is 29.9 Å². The molecule has 2 aliphatic rings. The van der Waals surface area contributed by atoms with E-state index in [-0.39, 0.29) is 17.7 Å². The van der Waals surface area contributed by atoms with Crippen LogP contribution in [-0.4, -0.2) is 62.5 Å². The lowest BCUT2D eigenvalue weighted by molar-refractivity contribution is 0.302. The molecule has 2 aromatic carbocycles. The number of hydrogen-bond donors (Lipinski definition) is 2. The molecule has 0 unspecified atom stereocenters. The Kier molecular flexibility index (Phi) is 6.97. The van der Waals surface area contributed by atoms with Crippen LogP contribution >= 0.6 is 0 Å². The van der Waals surface area contributed by atoms with Gasteiger partial charge in [0.1, 0.15) is 24.1 Å². The highest BCUT2D eigenvalue weighted by atomic mass is 19.1. The van der Waals surface area contributed by atoms with Gasteiger partial charge in [0.2, 0.25) is 5.95 Å². The van der Waals surface area contributed by atoms with Gasteiger partial charge in [-0.1, -0.05) is 0 Å². The summed E-state index contributed by atoms with van der Waals surface area (Å²) < 4.78 is 26.4. The average molecular weight is 504 g/mol. The van der Waals surface area contributed by atoms with Crippen molar-refractivity contribution in [3.63, 3.8) is 0 Å². The summed E-state index contributed by atoms with van der Waals surface area (Å²) in [4.78, 5) is 13.0. The van der Waals surface area contributed by atoms with E-state index in [4.69, 9.17) is 9.47 Å². The number of rotatable bonds is 6. The molecule has 2 N–H and O–H groups in total. The Morgan fingerprint density at radius 3 is 2.70 bits per heavy atom. The third-order valence-electron chi connectivity index (χ3n) is 6.61. The minimum atomic E-state index is -0.575. The van der Waals surface area contributed by atoms with E-state index in [1.807, 2.05) is 24.3 Å². The topological polar surface area (TPSA) is 98.6 Å². The van der Waals surface area contributed by atoms with Crippen molar-refractivity contribution in [3.05, 3.63) is 47.9 Å². The molecule has 3 heterocycles. The molecule has 192 valence electrons. The number of piperazine rings is 1. The predicted octanol–water partition coefficient (Wildman–Crippen LogP) is 3.92. The first-order valence-electron chi connectivity index (χ1n) is 12.4. The average Bonchev–Trinajstić information content (AvgIpc) is 2.93. The molecule has 1 aromatic heterocycles. The lowest BCUT2D eigenvalue weighted by Crippen LogP contribution is -2.43. The molecule has 9 nitrogen and oxygen atoms in total. The second-order valence-corrected chi connectivity index (χ2v) is 9.26. The zero-order valence-electron chi connectivity index (χ0n) is 21.2. The summed E-state index contributed by atoms with van der Waals surface area (Å²) in [5.74, 6) is 0.919. The van der Waals surface area contributed by atoms with Crippen LogP contribution in [0.2, 0.25) is 0 Å². The monoisotopic (exact) mass is 503 g/mol. The summed E-state index contributed by atoms with van der Waals surface area (Å²) in [7, 11) is 1.64. The number of methoxy groups -OCH3 is 1. The first kappa shape index (κ1) is 24.6. The molecule has 0 spiro atoms. The van der Waals surface area contributed by atoms with Crippen molar-refractivity contribution in [2.75, 3.05) is 61.6 Å². The van der Waals surface area contributed by atoms with Gasteiger partial charge in [0.25, 0.3) is 0 Å². The Labute approximate surface area is 215 Å². The third-order valence-corrected chi connectivity index (χ3v) is 6.61. The molecule has 1 saturated heterocycles. The third kappa shape index (κ3) is 4.95. The number of fused-ring (bicyclic) bond motifs is 1. The van der Waals surface area contributed by atoms with Crippen molar-refractivity contribution in [1.29, 1.82) is 5.26 Å². The van der Waals surface area contributed by atoms with Gasteiger partial charge in [-0.15, -0.1) is 0 Å². The molecule has 0 amide bonds. The van der Waals surface area contributed by atoms with Crippen LogP contribution in [0.3, 0.4) is 0 Å². The van der Waals surface area contributed by atoms with Crippen molar-refractivity contribution >= 4 is 23.0 Å². The minimum Gasteiger partial charge on any atom is -0.495 e. The molecule has 37 heavy (non-hydrogen) atoms. The zero-order valence-corrected chi connectivity index (χ0v) is 21.2.